The van der Waals surface area contributed by atoms with Crippen LogP contribution in [-0.4, -0.2) is 29.3 Å². The van der Waals surface area contributed by atoms with E-state index in [1.165, 1.54) is 12.8 Å². The van der Waals surface area contributed by atoms with Crippen LogP contribution in [0.3, 0.4) is 0 Å². The number of amides is 1. The summed E-state index contributed by atoms with van der Waals surface area (Å²) in [6, 6.07) is 0.353. The third-order valence-electron chi connectivity index (χ3n) is 4.27. The van der Waals surface area contributed by atoms with Crippen molar-refractivity contribution in [3.05, 3.63) is 0 Å². The quantitative estimate of drug-likeness (QED) is 0.542. The molecule has 0 aromatic carbocycles. The standard InChI is InChI=1S/C10H14ClNO/c1-12-9-6-3-2-5(8(9)11)4-7(6)10(12)13/h5-9H,2-4H2,1H3. The molecule has 1 saturated heterocycles. The maximum Gasteiger partial charge on any atom is 0.226 e. The van der Waals surface area contributed by atoms with Crippen LogP contribution in [0.4, 0.5) is 0 Å². The highest BCUT2D eigenvalue weighted by atomic mass is 35.5. The van der Waals surface area contributed by atoms with Crippen molar-refractivity contribution >= 4 is 17.5 Å². The number of carbonyl (C=O) groups is 1. The second-order valence-corrected chi connectivity index (χ2v) is 5.23. The van der Waals surface area contributed by atoms with Crippen molar-refractivity contribution in [3.8, 4) is 0 Å². The van der Waals surface area contributed by atoms with Gasteiger partial charge in [-0.15, -0.1) is 11.6 Å². The average molecular weight is 200 g/mol. The first-order valence-electron chi connectivity index (χ1n) is 5.11. The highest BCUT2D eigenvalue weighted by molar-refractivity contribution is 6.21. The lowest BCUT2D eigenvalue weighted by Gasteiger charge is -2.44. The van der Waals surface area contributed by atoms with Crippen molar-refractivity contribution in [2.24, 2.45) is 17.8 Å². The SMILES string of the molecule is CN1C(=O)C2CC3CCC2C1C3Cl. The molecule has 13 heavy (non-hydrogen) atoms. The maximum absolute atomic E-state index is 11.8. The van der Waals surface area contributed by atoms with Crippen LogP contribution in [0.5, 0.6) is 0 Å². The van der Waals surface area contributed by atoms with Crippen molar-refractivity contribution in [1.29, 1.82) is 0 Å². The fourth-order valence-electron chi connectivity index (χ4n) is 3.63. The lowest BCUT2D eigenvalue weighted by molar-refractivity contribution is -0.130. The summed E-state index contributed by atoms with van der Waals surface area (Å²) in [6.07, 6.45) is 3.52. The van der Waals surface area contributed by atoms with E-state index in [1.807, 2.05) is 11.9 Å². The molecule has 3 heteroatoms. The number of rotatable bonds is 0. The van der Waals surface area contributed by atoms with E-state index in [1.54, 1.807) is 0 Å². The van der Waals surface area contributed by atoms with Gasteiger partial charge >= 0.3 is 0 Å². The van der Waals surface area contributed by atoms with Gasteiger partial charge < -0.3 is 4.90 Å². The Labute approximate surface area is 83.2 Å². The number of halogens is 1. The first-order chi connectivity index (χ1) is 6.20. The van der Waals surface area contributed by atoms with Gasteiger partial charge in [0.05, 0.1) is 11.4 Å². The molecule has 5 atom stereocenters. The molecular formula is C10H14ClNO. The van der Waals surface area contributed by atoms with Gasteiger partial charge in [0.25, 0.3) is 0 Å². The van der Waals surface area contributed by atoms with Crippen molar-refractivity contribution in [1.82, 2.24) is 4.90 Å². The van der Waals surface area contributed by atoms with Gasteiger partial charge in [0.2, 0.25) is 5.91 Å². The topological polar surface area (TPSA) is 20.3 Å². The molecule has 0 aromatic rings. The summed E-state index contributed by atoms with van der Waals surface area (Å²) in [5.41, 5.74) is 0. The summed E-state index contributed by atoms with van der Waals surface area (Å²) in [5.74, 6) is 1.85. The van der Waals surface area contributed by atoms with Crippen LogP contribution in [0.15, 0.2) is 0 Å². The molecule has 1 aliphatic heterocycles. The highest BCUT2D eigenvalue weighted by Crippen LogP contribution is 2.53. The molecule has 1 heterocycles. The summed E-state index contributed by atoms with van der Waals surface area (Å²) < 4.78 is 0. The third kappa shape index (κ3) is 0.829. The van der Waals surface area contributed by atoms with Gasteiger partial charge in [0.1, 0.15) is 0 Å². The van der Waals surface area contributed by atoms with Crippen molar-refractivity contribution in [3.63, 3.8) is 0 Å². The van der Waals surface area contributed by atoms with Crippen LogP contribution < -0.4 is 0 Å². The predicted molar refractivity (Wildman–Crippen MR) is 50.5 cm³/mol. The van der Waals surface area contributed by atoms with Gasteiger partial charge in [-0.3, -0.25) is 4.79 Å². The van der Waals surface area contributed by atoms with Crippen LogP contribution in [0.2, 0.25) is 0 Å². The fourth-order valence-corrected chi connectivity index (χ4v) is 4.22. The van der Waals surface area contributed by atoms with E-state index in [-0.39, 0.29) is 5.38 Å². The van der Waals surface area contributed by atoms with Crippen LogP contribution in [0.25, 0.3) is 0 Å². The van der Waals surface area contributed by atoms with E-state index >= 15 is 0 Å². The Morgan fingerprint density at radius 2 is 2.23 bits per heavy atom. The Balaban J connectivity index is 2.03. The number of hydrogen-bond acceptors (Lipinski definition) is 1. The molecule has 2 nitrogen and oxygen atoms in total. The van der Waals surface area contributed by atoms with Crippen molar-refractivity contribution < 1.29 is 4.79 Å². The predicted octanol–water partition coefficient (Wildman–Crippen LogP) is 1.48. The summed E-state index contributed by atoms with van der Waals surface area (Å²) in [7, 11) is 1.92. The molecule has 0 spiro atoms. The van der Waals surface area contributed by atoms with E-state index in [2.05, 4.69) is 0 Å². The molecule has 72 valence electrons. The van der Waals surface area contributed by atoms with Gasteiger partial charge in [0, 0.05) is 13.0 Å². The Morgan fingerprint density at radius 3 is 2.92 bits per heavy atom. The zero-order valence-electron chi connectivity index (χ0n) is 7.74. The molecule has 4 bridgehead atoms. The van der Waals surface area contributed by atoms with Gasteiger partial charge in [-0.2, -0.15) is 0 Å². The first-order valence-corrected chi connectivity index (χ1v) is 5.54. The molecule has 3 aliphatic carbocycles. The molecule has 5 unspecified atom stereocenters. The first kappa shape index (κ1) is 8.10. The van der Waals surface area contributed by atoms with E-state index < -0.39 is 0 Å². The van der Waals surface area contributed by atoms with Gasteiger partial charge in [-0.25, -0.2) is 0 Å². The van der Waals surface area contributed by atoms with Crippen molar-refractivity contribution in [2.45, 2.75) is 30.7 Å². The smallest absolute Gasteiger partial charge is 0.226 e. The normalized spacial score (nSPS) is 53.2. The Kier molecular flexibility index (Phi) is 1.50. The Morgan fingerprint density at radius 1 is 1.46 bits per heavy atom. The molecule has 4 aliphatic rings. The number of hydrogen-bond donors (Lipinski definition) is 0. The molecular weight excluding hydrogens is 186 g/mol. The Hall–Kier alpha value is -0.240. The minimum Gasteiger partial charge on any atom is -0.341 e. The van der Waals surface area contributed by atoms with Crippen molar-refractivity contribution in [2.75, 3.05) is 7.05 Å². The van der Waals surface area contributed by atoms with Crippen LogP contribution >= 0.6 is 11.6 Å². The average Bonchev–Trinajstić information content (AvgIpc) is 2.36. The number of fused-ring (bicyclic) bond motifs is 1. The van der Waals surface area contributed by atoms with Crippen LogP contribution in [0, 0.1) is 17.8 Å². The number of nitrogens with zero attached hydrogens (tertiary/aromatic N) is 1. The number of alkyl halides is 1. The molecule has 4 fully saturated rings. The van der Waals surface area contributed by atoms with Crippen LogP contribution in [-0.2, 0) is 4.79 Å². The zero-order chi connectivity index (χ0) is 9.16. The second kappa shape index (κ2) is 2.41. The fraction of sp³-hybridized carbons (Fsp3) is 0.900. The highest BCUT2D eigenvalue weighted by Gasteiger charge is 2.57. The molecule has 3 saturated carbocycles. The number of likely N-dealkylation sites (tertiary alicyclic amines) is 1. The molecule has 0 N–H and O–H groups in total. The summed E-state index contributed by atoms with van der Waals surface area (Å²) in [4.78, 5) is 13.7. The minimum atomic E-state index is 0.228. The third-order valence-corrected chi connectivity index (χ3v) is 4.89. The second-order valence-electron chi connectivity index (χ2n) is 4.73. The van der Waals surface area contributed by atoms with E-state index in [0.29, 0.717) is 29.7 Å². The van der Waals surface area contributed by atoms with Gasteiger partial charge in [0.15, 0.2) is 0 Å². The zero-order valence-corrected chi connectivity index (χ0v) is 8.50. The molecule has 4 rings (SSSR count). The monoisotopic (exact) mass is 199 g/mol. The van der Waals surface area contributed by atoms with E-state index in [0.717, 1.165) is 6.42 Å². The maximum atomic E-state index is 11.8. The summed E-state index contributed by atoms with van der Waals surface area (Å²) in [6.45, 7) is 0. The summed E-state index contributed by atoms with van der Waals surface area (Å²) >= 11 is 6.37. The summed E-state index contributed by atoms with van der Waals surface area (Å²) in [5, 5.41) is 0.228. The lowest BCUT2D eigenvalue weighted by atomic mass is 9.64. The molecule has 0 radical (unpaired) electrons. The molecule has 1 amide bonds. The number of carbonyl (C=O) groups excluding carboxylic acids is 1. The molecule has 0 aromatic heterocycles. The van der Waals surface area contributed by atoms with E-state index in [9.17, 15) is 4.79 Å². The van der Waals surface area contributed by atoms with E-state index in [4.69, 9.17) is 11.6 Å². The van der Waals surface area contributed by atoms with Crippen LogP contribution in [0.1, 0.15) is 19.3 Å². The minimum absolute atomic E-state index is 0.228. The lowest BCUT2D eigenvalue weighted by Crippen LogP contribution is -2.48. The largest absolute Gasteiger partial charge is 0.341 e. The van der Waals surface area contributed by atoms with Gasteiger partial charge in [-0.05, 0) is 31.1 Å². The van der Waals surface area contributed by atoms with Gasteiger partial charge in [-0.1, -0.05) is 0 Å². The Bertz CT molecular complexity index is 268.